The lowest BCUT2D eigenvalue weighted by Gasteiger charge is -2.27. The normalized spacial score (nSPS) is 18.7. The van der Waals surface area contributed by atoms with Gasteiger partial charge in [-0.25, -0.2) is 0 Å². The van der Waals surface area contributed by atoms with Gasteiger partial charge in [-0.1, -0.05) is 19.3 Å². The first-order valence-corrected chi connectivity index (χ1v) is 6.96. The third-order valence-electron chi connectivity index (χ3n) is 4.12. The SMILES string of the molecule is COc1c(C)cc(C(O)C2CCCCC2)cc1C. The zero-order valence-corrected chi connectivity index (χ0v) is 11.7. The van der Waals surface area contributed by atoms with Gasteiger partial charge in [0.15, 0.2) is 0 Å². The van der Waals surface area contributed by atoms with Crippen LogP contribution in [0.2, 0.25) is 0 Å². The van der Waals surface area contributed by atoms with Crippen molar-refractivity contribution in [3.05, 3.63) is 28.8 Å². The van der Waals surface area contributed by atoms with E-state index in [4.69, 9.17) is 4.74 Å². The van der Waals surface area contributed by atoms with E-state index in [2.05, 4.69) is 12.1 Å². The molecule has 1 unspecified atom stereocenters. The molecule has 18 heavy (non-hydrogen) atoms. The third kappa shape index (κ3) is 2.69. The first kappa shape index (κ1) is 13.4. The molecule has 0 aromatic heterocycles. The highest BCUT2D eigenvalue weighted by atomic mass is 16.5. The summed E-state index contributed by atoms with van der Waals surface area (Å²) >= 11 is 0. The van der Waals surface area contributed by atoms with Gasteiger partial charge in [0.2, 0.25) is 0 Å². The predicted molar refractivity (Wildman–Crippen MR) is 74.0 cm³/mol. The summed E-state index contributed by atoms with van der Waals surface area (Å²) in [6.07, 6.45) is 5.85. The molecule has 0 bridgehead atoms. The second kappa shape index (κ2) is 5.75. The summed E-state index contributed by atoms with van der Waals surface area (Å²) in [6.45, 7) is 4.09. The molecule has 1 aliphatic rings. The number of hydrogen-bond acceptors (Lipinski definition) is 2. The summed E-state index contributed by atoms with van der Waals surface area (Å²) in [7, 11) is 1.70. The summed E-state index contributed by atoms with van der Waals surface area (Å²) < 4.78 is 5.37. The largest absolute Gasteiger partial charge is 0.496 e. The standard InChI is InChI=1S/C16H24O2/c1-11-9-14(10-12(2)16(11)18-3)15(17)13-7-5-4-6-8-13/h9-10,13,15,17H,4-8H2,1-3H3. The number of aliphatic hydroxyl groups excluding tert-OH is 1. The minimum Gasteiger partial charge on any atom is -0.496 e. The molecule has 0 aliphatic heterocycles. The van der Waals surface area contributed by atoms with Crippen molar-refractivity contribution in [2.24, 2.45) is 5.92 Å². The van der Waals surface area contributed by atoms with Crippen molar-refractivity contribution in [3.8, 4) is 5.75 Å². The fourth-order valence-corrected chi connectivity index (χ4v) is 3.20. The van der Waals surface area contributed by atoms with E-state index in [0.29, 0.717) is 5.92 Å². The number of rotatable bonds is 3. The topological polar surface area (TPSA) is 29.5 Å². The number of ether oxygens (including phenoxy) is 1. The van der Waals surface area contributed by atoms with Crippen LogP contribution in [0, 0.1) is 19.8 Å². The Morgan fingerprint density at radius 2 is 1.67 bits per heavy atom. The fraction of sp³-hybridized carbons (Fsp3) is 0.625. The second-order valence-corrected chi connectivity index (χ2v) is 5.53. The molecule has 1 saturated carbocycles. The van der Waals surface area contributed by atoms with E-state index in [0.717, 1.165) is 35.3 Å². The van der Waals surface area contributed by atoms with Gasteiger partial charge >= 0.3 is 0 Å². The maximum atomic E-state index is 10.5. The molecule has 2 rings (SSSR count). The van der Waals surface area contributed by atoms with Crippen LogP contribution in [0.4, 0.5) is 0 Å². The van der Waals surface area contributed by atoms with E-state index in [1.807, 2.05) is 13.8 Å². The van der Waals surface area contributed by atoms with E-state index in [1.54, 1.807) is 7.11 Å². The average Bonchev–Trinajstić information content (AvgIpc) is 2.38. The van der Waals surface area contributed by atoms with Crippen molar-refractivity contribution in [1.29, 1.82) is 0 Å². The molecular formula is C16H24O2. The van der Waals surface area contributed by atoms with E-state index >= 15 is 0 Å². The lowest BCUT2D eigenvalue weighted by Crippen LogP contribution is -2.16. The number of methoxy groups -OCH3 is 1. The number of aliphatic hydroxyl groups is 1. The zero-order valence-electron chi connectivity index (χ0n) is 11.7. The fourth-order valence-electron chi connectivity index (χ4n) is 3.20. The van der Waals surface area contributed by atoms with Gasteiger partial charge in [-0.3, -0.25) is 0 Å². The van der Waals surface area contributed by atoms with Crippen LogP contribution in [-0.4, -0.2) is 12.2 Å². The average molecular weight is 248 g/mol. The van der Waals surface area contributed by atoms with E-state index in [9.17, 15) is 5.11 Å². The number of hydrogen-bond donors (Lipinski definition) is 1. The van der Waals surface area contributed by atoms with Crippen LogP contribution in [0.25, 0.3) is 0 Å². The highest BCUT2D eigenvalue weighted by Crippen LogP contribution is 2.36. The Morgan fingerprint density at radius 3 is 2.17 bits per heavy atom. The monoisotopic (exact) mass is 248 g/mol. The van der Waals surface area contributed by atoms with Gasteiger partial charge in [-0.2, -0.15) is 0 Å². The smallest absolute Gasteiger partial charge is 0.124 e. The van der Waals surface area contributed by atoms with Crippen LogP contribution in [0.15, 0.2) is 12.1 Å². The maximum absolute atomic E-state index is 10.5. The number of benzene rings is 1. The maximum Gasteiger partial charge on any atom is 0.124 e. The van der Waals surface area contributed by atoms with Crippen molar-refractivity contribution >= 4 is 0 Å². The van der Waals surface area contributed by atoms with Crippen molar-refractivity contribution in [1.82, 2.24) is 0 Å². The first-order chi connectivity index (χ1) is 8.63. The molecule has 0 spiro atoms. The lowest BCUT2D eigenvalue weighted by molar-refractivity contribution is 0.0847. The predicted octanol–water partition coefficient (Wildman–Crippen LogP) is 3.93. The van der Waals surface area contributed by atoms with E-state index in [1.165, 1.54) is 19.3 Å². The van der Waals surface area contributed by atoms with Crippen LogP contribution in [0.5, 0.6) is 5.75 Å². The van der Waals surface area contributed by atoms with Gasteiger partial charge < -0.3 is 9.84 Å². The zero-order chi connectivity index (χ0) is 13.1. The second-order valence-electron chi connectivity index (χ2n) is 5.53. The molecule has 1 aromatic carbocycles. The number of aryl methyl sites for hydroxylation is 2. The molecule has 1 N–H and O–H groups in total. The molecule has 100 valence electrons. The highest BCUT2D eigenvalue weighted by molar-refractivity contribution is 5.44. The van der Waals surface area contributed by atoms with Crippen molar-refractivity contribution in [3.63, 3.8) is 0 Å². The molecular weight excluding hydrogens is 224 g/mol. The summed E-state index contributed by atoms with van der Waals surface area (Å²) in [5, 5.41) is 10.5. The van der Waals surface area contributed by atoms with Gasteiger partial charge in [0.05, 0.1) is 13.2 Å². The van der Waals surface area contributed by atoms with Gasteiger partial charge in [0, 0.05) is 0 Å². The van der Waals surface area contributed by atoms with Crippen LogP contribution < -0.4 is 4.74 Å². The van der Waals surface area contributed by atoms with Gasteiger partial charge in [0.1, 0.15) is 5.75 Å². The molecule has 1 atom stereocenters. The molecule has 2 heteroatoms. The van der Waals surface area contributed by atoms with Crippen molar-refractivity contribution < 1.29 is 9.84 Å². The summed E-state index contributed by atoms with van der Waals surface area (Å²) in [5.74, 6) is 1.38. The van der Waals surface area contributed by atoms with Gasteiger partial charge in [-0.15, -0.1) is 0 Å². The molecule has 0 heterocycles. The molecule has 1 fully saturated rings. The Balaban J connectivity index is 2.22. The highest BCUT2D eigenvalue weighted by Gasteiger charge is 2.23. The Bertz CT molecular complexity index is 383. The van der Waals surface area contributed by atoms with E-state index in [-0.39, 0.29) is 6.10 Å². The Morgan fingerprint density at radius 1 is 1.11 bits per heavy atom. The summed E-state index contributed by atoms with van der Waals surface area (Å²) in [6, 6.07) is 4.15. The minimum atomic E-state index is -0.311. The summed E-state index contributed by atoms with van der Waals surface area (Å²) in [5.41, 5.74) is 3.28. The quantitative estimate of drug-likeness (QED) is 0.878. The van der Waals surface area contributed by atoms with Crippen LogP contribution in [0.3, 0.4) is 0 Å². The van der Waals surface area contributed by atoms with Gasteiger partial charge in [0.25, 0.3) is 0 Å². The van der Waals surface area contributed by atoms with Crippen molar-refractivity contribution in [2.45, 2.75) is 52.1 Å². The van der Waals surface area contributed by atoms with Crippen LogP contribution >= 0.6 is 0 Å². The summed E-state index contributed by atoms with van der Waals surface area (Å²) in [4.78, 5) is 0. The Labute approximate surface area is 110 Å². The van der Waals surface area contributed by atoms with Crippen LogP contribution in [0.1, 0.15) is 54.9 Å². The molecule has 0 amide bonds. The molecule has 2 nitrogen and oxygen atoms in total. The Kier molecular flexibility index (Phi) is 4.28. The van der Waals surface area contributed by atoms with Crippen LogP contribution in [-0.2, 0) is 0 Å². The van der Waals surface area contributed by atoms with Crippen molar-refractivity contribution in [2.75, 3.05) is 7.11 Å². The minimum absolute atomic E-state index is 0.311. The molecule has 1 aliphatic carbocycles. The molecule has 0 saturated heterocycles. The molecule has 0 radical (unpaired) electrons. The lowest BCUT2D eigenvalue weighted by atomic mass is 9.82. The van der Waals surface area contributed by atoms with Gasteiger partial charge in [-0.05, 0) is 61.4 Å². The first-order valence-electron chi connectivity index (χ1n) is 6.96. The van der Waals surface area contributed by atoms with E-state index < -0.39 is 0 Å². The Hall–Kier alpha value is -1.02. The third-order valence-corrected chi connectivity index (χ3v) is 4.12. The molecule has 1 aromatic rings.